The quantitative estimate of drug-likeness (QED) is 0.380. The van der Waals surface area contributed by atoms with E-state index in [1.807, 2.05) is 5.43 Å². The van der Waals surface area contributed by atoms with E-state index in [0.717, 1.165) is 11.6 Å². The van der Waals surface area contributed by atoms with Gasteiger partial charge in [-0.15, -0.1) is 0 Å². The molecule has 21 heavy (non-hydrogen) atoms. The average molecular weight is 288 g/mol. The zero-order valence-electron chi connectivity index (χ0n) is 11.0. The van der Waals surface area contributed by atoms with Crippen molar-refractivity contribution in [1.29, 1.82) is 0 Å². The maximum absolute atomic E-state index is 13.2. The van der Waals surface area contributed by atoms with Gasteiger partial charge in [0.1, 0.15) is 24.5 Å². The minimum absolute atomic E-state index is 0.187. The summed E-state index contributed by atoms with van der Waals surface area (Å²) in [6, 6.07) is 10.4. The summed E-state index contributed by atoms with van der Waals surface area (Å²) in [6.07, 6.45) is 0.552. The number of halogens is 1. The molecule has 0 heterocycles. The van der Waals surface area contributed by atoms with Crippen molar-refractivity contribution in [3.05, 3.63) is 65.0 Å². The van der Waals surface area contributed by atoms with Crippen LogP contribution in [0.15, 0.2) is 42.5 Å². The third-order valence-electron chi connectivity index (χ3n) is 2.78. The first kappa shape index (κ1) is 14.7. The first-order valence-corrected chi connectivity index (χ1v) is 6.11. The molecule has 108 valence electrons. The number of rotatable bonds is 5. The smallest absolute Gasteiger partial charge is 0.265 e. The molecule has 0 aliphatic heterocycles. The Kier molecular flexibility index (Phi) is 4.63. The number of nitrogens with two attached hydrogens (primary N) is 1. The van der Waals surface area contributed by atoms with Gasteiger partial charge in [-0.1, -0.05) is 12.1 Å². The van der Waals surface area contributed by atoms with Crippen LogP contribution in [0.3, 0.4) is 0 Å². The fraction of sp³-hybridized carbons (Fsp3) is 0.0667. The highest BCUT2D eigenvalue weighted by atomic mass is 19.1. The van der Waals surface area contributed by atoms with Crippen molar-refractivity contribution in [3.63, 3.8) is 0 Å². The van der Waals surface area contributed by atoms with Gasteiger partial charge in [0.2, 0.25) is 0 Å². The Bertz CT molecular complexity index is 656. The largest absolute Gasteiger partial charge is 0.489 e. The van der Waals surface area contributed by atoms with Crippen LogP contribution in [-0.2, 0) is 6.61 Å². The standard InChI is InChI=1S/C15H13FN2O3/c16-13-5-11(8-19)6-14(7-13)21-9-10-1-3-12(4-2-10)15(20)18-17/h1-8H,9,17H2,(H,18,20). The van der Waals surface area contributed by atoms with Gasteiger partial charge >= 0.3 is 0 Å². The summed E-state index contributed by atoms with van der Waals surface area (Å²) in [5.41, 5.74) is 3.46. The highest BCUT2D eigenvalue weighted by molar-refractivity contribution is 5.93. The second kappa shape index (κ2) is 6.62. The predicted octanol–water partition coefficient (Wildman–Crippen LogP) is 1.82. The van der Waals surface area contributed by atoms with Crippen molar-refractivity contribution in [2.45, 2.75) is 6.61 Å². The normalized spacial score (nSPS) is 10.0. The van der Waals surface area contributed by atoms with E-state index in [-0.39, 0.29) is 23.8 Å². The van der Waals surface area contributed by atoms with Crippen LogP contribution in [0.25, 0.3) is 0 Å². The lowest BCUT2D eigenvalue weighted by molar-refractivity contribution is 0.0953. The van der Waals surface area contributed by atoms with E-state index in [4.69, 9.17) is 10.6 Å². The van der Waals surface area contributed by atoms with E-state index in [1.54, 1.807) is 24.3 Å². The third-order valence-corrected chi connectivity index (χ3v) is 2.78. The van der Waals surface area contributed by atoms with Gasteiger partial charge in [-0.25, -0.2) is 10.2 Å². The predicted molar refractivity (Wildman–Crippen MR) is 74.2 cm³/mol. The first-order chi connectivity index (χ1) is 10.1. The molecule has 0 saturated heterocycles. The molecule has 0 aromatic heterocycles. The van der Waals surface area contributed by atoms with Crippen LogP contribution in [0.5, 0.6) is 5.75 Å². The van der Waals surface area contributed by atoms with Crippen LogP contribution in [0, 0.1) is 5.82 Å². The van der Waals surface area contributed by atoms with Crippen LogP contribution in [0.4, 0.5) is 4.39 Å². The average Bonchev–Trinajstić information content (AvgIpc) is 2.52. The number of hydrogen-bond donors (Lipinski definition) is 2. The minimum Gasteiger partial charge on any atom is -0.489 e. The van der Waals surface area contributed by atoms with Gasteiger partial charge in [0, 0.05) is 17.2 Å². The first-order valence-electron chi connectivity index (χ1n) is 6.11. The molecule has 2 aromatic rings. The van der Waals surface area contributed by atoms with Gasteiger partial charge in [-0.05, 0) is 29.8 Å². The number of carbonyl (C=O) groups excluding carboxylic acids is 2. The Hall–Kier alpha value is -2.73. The van der Waals surface area contributed by atoms with E-state index >= 15 is 0 Å². The molecule has 0 radical (unpaired) electrons. The van der Waals surface area contributed by atoms with Gasteiger partial charge in [0.25, 0.3) is 5.91 Å². The highest BCUT2D eigenvalue weighted by Crippen LogP contribution is 2.17. The summed E-state index contributed by atoms with van der Waals surface area (Å²) < 4.78 is 18.6. The van der Waals surface area contributed by atoms with Gasteiger partial charge in [-0.3, -0.25) is 15.0 Å². The molecule has 0 saturated carbocycles. The van der Waals surface area contributed by atoms with Crippen LogP contribution in [0.2, 0.25) is 0 Å². The molecule has 0 fully saturated rings. The molecular weight excluding hydrogens is 275 g/mol. The Morgan fingerprint density at radius 1 is 1.24 bits per heavy atom. The second-order valence-corrected chi connectivity index (χ2v) is 4.30. The fourth-order valence-electron chi connectivity index (χ4n) is 1.74. The van der Waals surface area contributed by atoms with Gasteiger partial charge in [-0.2, -0.15) is 0 Å². The number of hydrogen-bond acceptors (Lipinski definition) is 4. The maximum atomic E-state index is 13.2. The van der Waals surface area contributed by atoms with Crippen LogP contribution < -0.4 is 16.0 Å². The number of benzene rings is 2. The molecule has 0 atom stereocenters. The maximum Gasteiger partial charge on any atom is 0.265 e. The summed E-state index contributed by atoms with van der Waals surface area (Å²) in [4.78, 5) is 21.9. The van der Waals surface area contributed by atoms with Crippen molar-refractivity contribution in [2.75, 3.05) is 0 Å². The van der Waals surface area contributed by atoms with Crippen molar-refractivity contribution in [2.24, 2.45) is 5.84 Å². The Morgan fingerprint density at radius 2 is 1.95 bits per heavy atom. The van der Waals surface area contributed by atoms with E-state index < -0.39 is 5.82 Å². The molecule has 0 aliphatic rings. The molecule has 6 heteroatoms. The molecule has 2 rings (SSSR count). The van der Waals surface area contributed by atoms with Crippen LogP contribution in [0.1, 0.15) is 26.3 Å². The molecule has 0 aliphatic carbocycles. The topological polar surface area (TPSA) is 81.4 Å². The molecule has 3 N–H and O–H groups in total. The third kappa shape index (κ3) is 3.87. The number of nitrogens with one attached hydrogen (secondary N) is 1. The number of hydrazine groups is 1. The molecular formula is C15H13FN2O3. The molecule has 2 aromatic carbocycles. The zero-order chi connectivity index (χ0) is 15.2. The second-order valence-electron chi connectivity index (χ2n) is 4.30. The Balaban J connectivity index is 2.04. The van der Waals surface area contributed by atoms with Crippen molar-refractivity contribution >= 4 is 12.2 Å². The monoisotopic (exact) mass is 288 g/mol. The molecule has 0 unspecified atom stereocenters. The molecule has 0 spiro atoms. The zero-order valence-corrected chi connectivity index (χ0v) is 11.0. The van der Waals surface area contributed by atoms with Gasteiger partial charge < -0.3 is 4.74 Å². The van der Waals surface area contributed by atoms with E-state index in [9.17, 15) is 14.0 Å². The lowest BCUT2D eigenvalue weighted by Gasteiger charge is -2.08. The summed E-state index contributed by atoms with van der Waals surface area (Å²) in [5.74, 6) is 4.37. The molecule has 1 amide bonds. The van der Waals surface area contributed by atoms with Crippen LogP contribution >= 0.6 is 0 Å². The number of ether oxygens (including phenoxy) is 1. The highest BCUT2D eigenvalue weighted by Gasteiger charge is 2.04. The summed E-state index contributed by atoms with van der Waals surface area (Å²) in [6.45, 7) is 0.187. The molecule has 5 nitrogen and oxygen atoms in total. The summed E-state index contributed by atoms with van der Waals surface area (Å²) >= 11 is 0. The number of amides is 1. The van der Waals surface area contributed by atoms with Crippen molar-refractivity contribution < 1.29 is 18.7 Å². The lowest BCUT2D eigenvalue weighted by Crippen LogP contribution is -2.29. The number of carbonyl (C=O) groups is 2. The number of nitrogen functional groups attached to an aromatic ring is 1. The van der Waals surface area contributed by atoms with E-state index in [1.165, 1.54) is 12.1 Å². The van der Waals surface area contributed by atoms with Gasteiger partial charge in [0.15, 0.2) is 0 Å². The SMILES string of the molecule is NNC(=O)c1ccc(COc2cc(F)cc(C=O)c2)cc1. The lowest BCUT2D eigenvalue weighted by atomic mass is 10.1. The Morgan fingerprint density at radius 3 is 2.57 bits per heavy atom. The van der Waals surface area contributed by atoms with E-state index in [0.29, 0.717) is 11.8 Å². The summed E-state index contributed by atoms with van der Waals surface area (Å²) in [7, 11) is 0. The van der Waals surface area contributed by atoms with Crippen molar-refractivity contribution in [3.8, 4) is 5.75 Å². The van der Waals surface area contributed by atoms with Gasteiger partial charge in [0.05, 0.1) is 0 Å². The molecule has 0 bridgehead atoms. The van der Waals surface area contributed by atoms with Crippen molar-refractivity contribution in [1.82, 2.24) is 5.43 Å². The Labute approximate surface area is 120 Å². The number of aldehydes is 1. The fourth-order valence-corrected chi connectivity index (χ4v) is 1.74. The van der Waals surface area contributed by atoms with E-state index in [2.05, 4.69) is 0 Å². The summed E-state index contributed by atoms with van der Waals surface area (Å²) in [5, 5.41) is 0. The van der Waals surface area contributed by atoms with Crippen LogP contribution in [-0.4, -0.2) is 12.2 Å². The minimum atomic E-state index is -0.537.